The highest BCUT2D eigenvalue weighted by molar-refractivity contribution is 5.83. The molecule has 0 radical (unpaired) electrons. The van der Waals surface area contributed by atoms with Gasteiger partial charge in [-0.3, -0.25) is 0 Å². The maximum Gasteiger partial charge on any atom is 0.126 e. The molecule has 1 aliphatic carbocycles. The first-order chi connectivity index (χ1) is 8.31. The molecule has 0 aliphatic heterocycles. The van der Waals surface area contributed by atoms with Crippen molar-refractivity contribution in [2.24, 2.45) is 0 Å². The molecule has 0 heterocycles. The molecule has 0 fully saturated rings. The minimum atomic E-state index is -0.991. The Hall–Kier alpha value is -1.32. The number of hydrogen-bond donors (Lipinski definition) is 3. The SMILES string of the molecule is C=C1c2c(O)c(C)c(CCO)c(C)c2C[C@@]1(C)O. The lowest BCUT2D eigenvalue weighted by Crippen LogP contribution is -2.22. The Morgan fingerprint density at radius 1 is 1.28 bits per heavy atom. The highest BCUT2D eigenvalue weighted by atomic mass is 16.3. The summed E-state index contributed by atoms with van der Waals surface area (Å²) < 4.78 is 0. The van der Waals surface area contributed by atoms with Crippen LogP contribution in [-0.4, -0.2) is 27.5 Å². The van der Waals surface area contributed by atoms with Gasteiger partial charge in [0.15, 0.2) is 0 Å². The van der Waals surface area contributed by atoms with Crippen LogP contribution in [0.3, 0.4) is 0 Å². The minimum absolute atomic E-state index is 0.0528. The van der Waals surface area contributed by atoms with Crippen LogP contribution in [0.4, 0.5) is 0 Å². The summed E-state index contributed by atoms with van der Waals surface area (Å²) in [5.74, 6) is 0.196. The van der Waals surface area contributed by atoms with Crippen LogP contribution < -0.4 is 0 Å². The molecule has 1 atom stereocenters. The Morgan fingerprint density at radius 3 is 2.44 bits per heavy atom. The smallest absolute Gasteiger partial charge is 0.126 e. The van der Waals surface area contributed by atoms with Crippen LogP contribution in [0.5, 0.6) is 5.75 Å². The molecule has 3 heteroatoms. The van der Waals surface area contributed by atoms with Gasteiger partial charge in [0.1, 0.15) is 5.75 Å². The average Bonchev–Trinajstić information content (AvgIpc) is 2.54. The van der Waals surface area contributed by atoms with Crippen molar-refractivity contribution < 1.29 is 15.3 Å². The van der Waals surface area contributed by atoms with E-state index in [9.17, 15) is 10.2 Å². The molecule has 3 N–H and O–H groups in total. The number of fused-ring (bicyclic) bond motifs is 1. The third kappa shape index (κ3) is 1.66. The number of aromatic hydroxyl groups is 1. The van der Waals surface area contributed by atoms with Crippen molar-refractivity contribution in [1.82, 2.24) is 0 Å². The second kappa shape index (κ2) is 4.11. The maximum absolute atomic E-state index is 10.3. The lowest BCUT2D eigenvalue weighted by molar-refractivity contribution is 0.129. The first kappa shape index (κ1) is 13.1. The van der Waals surface area contributed by atoms with E-state index in [1.54, 1.807) is 6.92 Å². The molecule has 0 aromatic heterocycles. The summed E-state index contributed by atoms with van der Waals surface area (Å²) in [5.41, 5.74) is 4.03. The van der Waals surface area contributed by atoms with Crippen LogP contribution >= 0.6 is 0 Å². The molecule has 1 aromatic carbocycles. The van der Waals surface area contributed by atoms with E-state index in [-0.39, 0.29) is 12.4 Å². The fraction of sp³-hybridized carbons (Fsp3) is 0.467. The van der Waals surface area contributed by atoms with Gasteiger partial charge in [-0.25, -0.2) is 0 Å². The topological polar surface area (TPSA) is 60.7 Å². The number of aliphatic hydroxyl groups is 2. The monoisotopic (exact) mass is 248 g/mol. The molecule has 1 aromatic rings. The summed E-state index contributed by atoms with van der Waals surface area (Å²) in [6.45, 7) is 9.50. The summed E-state index contributed by atoms with van der Waals surface area (Å²) in [5, 5.41) is 29.7. The average molecular weight is 248 g/mol. The van der Waals surface area contributed by atoms with Gasteiger partial charge in [0, 0.05) is 18.6 Å². The number of phenols is 1. The molecule has 0 saturated heterocycles. The highest BCUT2D eigenvalue weighted by Crippen LogP contribution is 2.47. The van der Waals surface area contributed by atoms with Gasteiger partial charge in [-0.05, 0) is 55.0 Å². The molecule has 1 aliphatic rings. The predicted molar refractivity (Wildman–Crippen MR) is 71.7 cm³/mol. The standard InChI is InChI=1S/C15H20O3/c1-8-11(5-6-16)9(2)14(17)13-10(3)15(4,18)7-12(8)13/h16-18H,3,5-7H2,1-2,4H3/t15-/m1/s1. The molecule has 18 heavy (non-hydrogen) atoms. The number of rotatable bonds is 2. The number of benzene rings is 1. The molecule has 0 bridgehead atoms. The third-order valence-corrected chi connectivity index (χ3v) is 4.09. The predicted octanol–water partition coefficient (Wildman–Crippen LogP) is 1.86. The maximum atomic E-state index is 10.3. The zero-order chi connectivity index (χ0) is 13.7. The Bertz CT molecular complexity index is 527. The van der Waals surface area contributed by atoms with Crippen molar-refractivity contribution in [3.05, 3.63) is 34.4 Å². The molecule has 0 amide bonds. The van der Waals surface area contributed by atoms with E-state index < -0.39 is 5.60 Å². The quantitative estimate of drug-likeness (QED) is 0.748. The Balaban J connectivity index is 2.72. The summed E-state index contributed by atoms with van der Waals surface area (Å²) in [4.78, 5) is 0. The Kier molecular flexibility index (Phi) is 2.99. The molecule has 0 spiro atoms. The van der Waals surface area contributed by atoms with Gasteiger partial charge in [-0.15, -0.1) is 0 Å². The van der Waals surface area contributed by atoms with Crippen molar-refractivity contribution >= 4 is 5.57 Å². The summed E-state index contributed by atoms with van der Waals surface area (Å²) >= 11 is 0. The minimum Gasteiger partial charge on any atom is -0.507 e. The van der Waals surface area contributed by atoms with Crippen molar-refractivity contribution in [1.29, 1.82) is 0 Å². The van der Waals surface area contributed by atoms with Crippen molar-refractivity contribution in [2.45, 2.75) is 39.2 Å². The number of phenolic OH excluding ortho intramolecular Hbond substituents is 1. The van der Waals surface area contributed by atoms with Gasteiger partial charge in [-0.2, -0.15) is 0 Å². The largest absolute Gasteiger partial charge is 0.507 e. The van der Waals surface area contributed by atoms with E-state index in [1.807, 2.05) is 13.8 Å². The molecule has 2 rings (SSSR count). The number of aliphatic hydroxyl groups excluding tert-OH is 1. The molecule has 0 saturated carbocycles. The van der Waals surface area contributed by atoms with Crippen LogP contribution in [0.1, 0.15) is 34.7 Å². The van der Waals surface area contributed by atoms with Gasteiger partial charge in [-0.1, -0.05) is 6.58 Å². The molecular weight excluding hydrogens is 228 g/mol. The highest BCUT2D eigenvalue weighted by Gasteiger charge is 2.38. The Morgan fingerprint density at radius 2 is 1.89 bits per heavy atom. The van der Waals surface area contributed by atoms with E-state index in [1.165, 1.54) is 0 Å². The Labute approximate surface area is 107 Å². The van der Waals surface area contributed by atoms with Gasteiger partial charge in [0.2, 0.25) is 0 Å². The van der Waals surface area contributed by atoms with E-state index in [2.05, 4.69) is 6.58 Å². The lowest BCUT2D eigenvalue weighted by atomic mass is 9.91. The second-order valence-corrected chi connectivity index (χ2v) is 5.33. The van der Waals surface area contributed by atoms with Gasteiger partial charge in [0.25, 0.3) is 0 Å². The molecule has 3 nitrogen and oxygen atoms in total. The van der Waals surface area contributed by atoms with Crippen LogP contribution in [0.25, 0.3) is 5.57 Å². The first-order valence-electron chi connectivity index (χ1n) is 6.18. The second-order valence-electron chi connectivity index (χ2n) is 5.33. The van der Waals surface area contributed by atoms with E-state index in [4.69, 9.17) is 5.11 Å². The fourth-order valence-electron chi connectivity index (χ4n) is 2.88. The summed E-state index contributed by atoms with van der Waals surface area (Å²) in [6.07, 6.45) is 0.992. The zero-order valence-corrected chi connectivity index (χ0v) is 11.2. The van der Waals surface area contributed by atoms with Gasteiger partial charge < -0.3 is 15.3 Å². The number of hydrogen-bond acceptors (Lipinski definition) is 3. The summed E-state index contributed by atoms with van der Waals surface area (Å²) in [7, 11) is 0. The summed E-state index contributed by atoms with van der Waals surface area (Å²) in [6, 6.07) is 0. The van der Waals surface area contributed by atoms with Gasteiger partial charge in [0.05, 0.1) is 5.60 Å². The zero-order valence-electron chi connectivity index (χ0n) is 11.2. The van der Waals surface area contributed by atoms with E-state index >= 15 is 0 Å². The first-order valence-corrected chi connectivity index (χ1v) is 6.18. The van der Waals surface area contributed by atoms with E-state index in [0.717, 1.165) is 22.3 Å². The fourth-order valence-corrected chi connectivity index (χ4v) is 2.88. The molecule has 0 unspecified atom stereocenters. The van der Waals surface area contributed by atoms with Crippen LogP contribution in [-0.2, 0) is 12.8 Å². The normalized spacial score (nSPS) is 22.4. The van der Waals surface area contributed by atoms with E-state index in [0.29, 0.717) is 24.0 Å². The van der Waals surface area contributed by atoms with Crippen LogP contribution in [0.2, 0.25) is 0 Å². The van der Waals surface area contributed by atoms with Crippen LogP contribution in [0.15, 0.2) is 6.58 Å². The van der Waals surface area contributed by atoms with Crippen molar-refractivity contribution in [2.75, 3.05) is 6.61 Å². The molecular formula is C15H20O3. The van der Waals surface area contributed by atoms with Crippen LogP contribution in [0, 0.1) is 13.8 Å². The van der Waals surface area contributed by atoms with Crippen molar-refractivity contribution in [3.63, 3.8) is 0 Å². The van der Waals surface area contributed by atoms with Crippen molar-refractivity contribution in [3.8, 4) is 5.75 Å². The third-order valence-electron chi connectivity index (χ3n) is 4.09. The van der Waals surface area contributed by atoms with Gasteiger partial charge >= 0.3 is 0 Å². The lowest BCUT2D eigenvalue weighted by Gasteiger charge is -2.17. The molecule has 98 valence electrons.